The average Bonchev–Trinajstić information content (AvgIpc) is 2.56. The molecule has 0 spiro atoms. The molecule has 1 heterocycles. The minimum absolute atomic E-state index is 0.152. The van der Waals surface area contributed by atoms with Gasteiger partial charge in [0.1, 0.15) is 6.61 Å². The molecule has 22 heavy (non-hydrogen) atoms. The van der Waals surface area contributed by atoms with Gasteiger partial charge in [-0.2, -0.15) is 0 Å². The van der Waals surface area contributed by atoms with Gasteiger partial charge >= 0.3 is 0 Å². The number of amides is 1. The molecule has 0 aliphatic carbocycles. The Morgan fingerprint density at radius 2 is 2.14 bits per heavy atom. The second-order valence-corrected chi connectivity index (χ2v) is 6.69. The monoisotopic (exact) mass is 317 g/mol. The van der Waals surface area contributed by atoms with Crippen LogP contribution in [0.15, 0.2) is 29.2 Å². The topological polar surface area (TPSA) is 29.5 Å². The highest BCUT2D eigenvalue weighted by atomic mass is 32.2. The van der Waals surface area contributed by atoms with Crippen molar-refractivity contribution < 1.29 is 9.53 Å². The van der Waals surface area contributed by atoms with Crippen molar-refractivity contribution in [2.75, 3.05) is 32.1 Å². The highest BCUT2D eigenvalue weighted by Gasteiger charge is 2.24. The van der Waals surface area contributed by atoms with E-state index in [1.165, 1.54) is 0 Å². The zero-order chi connectivity index (χ0) is 15.8. The van der Waals surface area contributed by atoms with E-state index < -0.39 is 0 Å². The molecule has 0 aromatic heterocycles. The fourth-order valence-electron chi connectivity index (χ4n) is 2.68. The van der Waals surface area contributed by atoms with Crippen LogP contribution in [-0.4, -0.2) is 42.9 Å². The van der Waals surface area contributed by atoms with Crippen molar-refractivity contribution in [3.63, 3.8) is 0 Å². The Morgan fingerprint density at radius 3 is 2.82 bits per heavy atom. The molecule has 0 unspecified atom stereocenters. The van der Waals surface area contributed by atoms with Gasteiger partial charge in [-0.3, -0.25) is 4.79 Å². The molecule has 1 aromatic rings. The first kappa shape index (κ1) is 16.9. The van der Waals surface area contributed by atoms with Crippen LogP contribution in [0.5, 0.6) is 0 Å². The fourth-order valence-corrected chi connectivity index (χ4v) is 3.48. The summed E-state index contributed by atoms with van der Waals surface area (Å²) >= 11 is 1.72. The zero-order valence-corrected chi connectivity index (χ0v) is 13.9. The van der Waals surface area contributed by atoms with E-state index in [9.17, 15) is 4.79 Å². The average molecular weight is 317 g/mol. The molecule has 1 aliphatic heterocycles. The molecule has 1 saturated heterocycles. The van der Waals surface area contributed by atoms with Gasteiger partial charge in [-0.05, 0) is 36.6 Å². The van der Waals surface area contributed by atoms with Gasteiger partial charge < -0.3 is 9.64 Å². The van der Waals surface area contributed by atoms with Crippen LogP contribution in [0.2, 0.25) is 0 Å². The molecule has 4 heteroatoms. The van der Waals surface area contributed by atoms with Gasteiger partial charge in [0.15, 0.2) is 0 Å². The number of ether oxygens (including phenoxy) is 1. The smallest absolute Gasteiger partial charge is 0.254 e. The molecule has 0 N–H and O–H groups in total. The Kier molecular flexibility index (Phi) is 6.82. The summed E-state index contributed by atoms with van der Waals surface area (Å²) in [4.78, 5) is 15.8. The summed E-state index contributed by atoms with van der Waals surface area (Å²) in [7, 11) is 0. The molecule has 1 fully saturated rings. The number of rotatable bonds is 6. The Labute approximate surface area is 137 Å². The number of piperidine rings is 1. The summed E-state index contributed by atoms with van der Waals surface area (Å²) in [6.07, 6.45) is 7.15. The number of hydrogen-bond donors (Lipinski definition) is 0. The molecule has 0 radical (unpaired) electrons. The summed E-state index contributed by atoms with van der Waals surface area (Å²) in [6.45, 7) is 4.78. The Bertz CT molecular complexity index is 530. The van der Waals surface area contributed by atoms with Crippen molar-refractivity contribution in [1.29, 1.82) is 0 Å². The van der Waals surface area contributed by atoms with Crippen molar-refractivity contribution in [2.45, 2.75) is 24.7 Å². The maximum atomic E-state index is 12.7. The summed E-state index contributed by atoms with van der Waals surface area (Å²) in [6, 6.07) is 7.89. The van der Waals surface area contributed by atoms with E-state index in [4.69, 9.17) is 11.2 Å². The number of hydrogen-bond acceptors (Lipinski definition) is 3. The van der Waals surface area contributed by atoms with Crippen molar-refractivity contribution in [2.24, 2.45) is 5.92 Å². The third-order valence-electron chi connectivity index (χ3n) is 3.86. The maximum Gasteiger partial charge on any atom is 0.254 e. The van der Waals surface area contributed by atoms with E-state index in [-0.39, 0.29) is 5.91 Å². The summed E-state index contributed by atoms with van der Waals surface area (Å²) in [5.74, 6) is 4.12. The van der Waals surface area contributed by atoms with Crippen molar-refractivity contribution in [3.8, 4) is 12.3 Å². The number of thioether (sulfide) groups is 1. The van der Waals surface area contributed by atoms with Crippen LogP contribution in [0, 0.1) is 18.3 Å². The lowest BCUT2D eigenvalue weighted by Gasteiger charge is -2.32. The number of benzene rings is 1. The summed E-state index contributed by atoms with van der Waals surface area (Å²) < 4.78 is 5.41. The molecule has 1 amide bonds. The first-order valence-corrected chi connectivity index (χ1v) is 8.77. The Hall–Kier alpha value is -1.44. The Morgan fingerprint density at radius 1 is 1.41 bits per heavy atom. The van der Waals surface area contributed by atoms with E-state index in [1.54, 1.807) is 11.8 Å². The van der Waals surface area contributed by atoms with E-state index in [1.807, 2.05) is 29.2 Å². The first-order chi connectivity index (χ1) is 10.8. The van der Waals surface area contributed by atoms with Gasteiger partial charge in [0.25, 0.3) is 5.91 Å². The molecule has 0 bridgehead atoms. The van der Waals surface area contributed by atoms with Gasteiger partial charge in [-0.15, -0.1) is 18.2 Å². The van der Waals surface area contributed by atoms with E-state index >= 15 is 0 Å². The first-order valence-electron chi connectivity index (χ1n) is 7.78. The van der Waals surface area contributed by atoms with Crippen molar-refractivity contribution in [1.82, 2.24) is 4.90 Å². The second-order valence-electron chi connectivity index (χ2n) is 5.38. The third kappa shape index (κ3) is 4.53. The van der Waals surface area contributed by atoms with Gasteiger partial charge in [0.05, 0.1) is 12.2 Å². The minimum atomic E-state index is 0.152. The maximum absolute atomic E-state index is 12.7. The molecular weight excluding hydrogens is 294 g/mol. The largest absolute Gasteiger partial charge is 0.369 e. The van der Waals surface area contributed by atoms with Crippen molar-refractivity contribution >= 4 is 17.7 Å². The quantitative estimate of drug-likeness (QED) is 0.458. The minimum Gasteiger partial charge on any atom is -0.369 e. The van der Waals surface area contributed by atoms with Crippen LogP contribution < -0.4 is 0 Å². The molecule has 118 valence electrons. The van der Waals surface area contributed by atoms with Crippen LogP contribution in [0.4, 0.5) is 0 Å². The zero-order valence-electron chi connectivity index (χ0n) is 13.1. The number of terminal acetylenes is 1. The number of carbonyl (C=O) groups is 1. The molecule has 3 nitrogen and oxygen atoms in total. The van der Waals surface area contributed by atoms with Crippen LogP contribution in [0.1, 0.15) is 30.1 Å². The molecule has 1 aromatic carbocycles. The van der Waals surface area contributed by atoms with Crippen LogP contribution >= 0.6 is 11.8 Å². The van der Waals surface area contributed by atoms with Gasteiger partial charge in [0.2, 0.25) is 0 Å². The Balaban J connectivity index is 1.91. The second kappa shape index (κ2) is 8.87. The van der Waals surface area contributed by atoms with E-state index in [2.05, 4.69) is 12.8 Å². The normalized spacial score (nSPS) is 15.5. The van der Waals surface area contributed by atoms with Crippen LogP contribution in [0.3, 0.4) is 0 Å². The van der Waals surface area contributed by atoms with E-state index in [0.29, 0.717) is 19.1 Å². The summed E-state index contributed by atoms with van der Waals surface area (Å²) in [5.41, 5.74) is 0.830. The highest BCUT2D eigenvalue weighted by molar-refractivity contribution is 7.99. The standard InChI is InChI=1S/C18H23NO2S/c1-3-13-21-14-15-9-11-19(12-10-15)18(20)16-7-5-6-8-17(16)22-4-2/h1,5-8,15H,4,9-14H2,2H3. The lowest BCUT2D eigenvalue weighted by molar-refractivity contribution is 0.0579. The SMILES string of the molecule is C#CCOCC1CCN(C(=O)c2ccccc2SCC)CC1. The predicted octanol–water partition coefficient (Wildman–Crippen LogP) is 3.30. The highest BCUT2D eigenvalue weighted by Crippen LogP contribution is 2.25. The molecular formula is C18H23NO2S. The van der Waals surface area contributed by atoms with Gasteiger partial charge in [-0.1, -0.05) is 25.0 Å². The predicted molar refractivity (Wildman–Crippen MR) is 91.1 cm³/mol. The van der Waals surface area contributed by atoms with Crippen molar-refractivity contribution in [3.05, 3.63) is 29.8 Å². The number of nitrogens with zero attached hydrogens (tertiary/aromatic N) is 1. The number of carbonyl (C=O) groups excluding carboxylic acids is 1. The fraction of sp³-hybridized carbons (Fsp3) is 0.500. The molecule has 1 aliphatic rings. The third-order valence-corrected chi connectivity index (χ3v) is 4.81. The van der Waals surface area contributed by atoms with E-state index in [0.717, 1.165) is 42.1 Å². The van der Waals surface area contributed by atoms with Crippen LogP contribution in [0.25, 0.3) is 0 Å². The van der Waals surface area contributed by atoms with Gasteiger partial charge in [-0.25, -0.2) is 0 Å². The lowest BCUT2D eigenvalue weighted by Crippen LogP contribution is -2.39. The lowest BCUT2D eigenvalue weighted by atomic mass is 9.97. The van der Waals surface area contributed by atoms with Crippen LogP contribution in [-0.2, 0) is 4.74 Å². The molecule has 0 saturated carbocycles. The molecule has 0 atom stereocenters. The summed E-state index contributed by atoms with van der Waals surface area (Å²) in [5, 5.41) is 0. The van der Waals surface area contributed by atoms with Gasteiger partial charge in [0, 0.05) is 18.0 Å². The number of likely N-dealkylation sites (tertiary alicyclic amines) is 1. The molecule has 2 rings (SSSR count).